The topological polar surface area (TPSA) is 78.7 Å². The lowest BCUT2D eigenvalue weighted by molar-refractivity contribution is -0.138. The normalized spacial score (nSPS) is 23.0. The fourth-order valence-corrected chi connectivity index (χ4v) is 5.22. The minimum Gasteiger partial charge on any atom is -0.393 e. The second-order valence-electron chi connectivity index (χ2n) is 9.84. The molecule has 0 radical (unpaired) electrons. The Morgan fingerprint density at radius 2 is 1.84 bits per heavy atom. The van der Waals surface area contributed by atoms with Crippen LogP contribution in [-0.2, 0) is 17.3 Å². The molecule has 1 saturated heterocycles. The van der Waals surface area contributed by atoms with Gasteiger partial charge in [-0.05, 0) is 48.8 Å². The van der Waals surface area contributed by atoms with E-state index in [9.17, 15) is 14.7 Å². The molecule has 7 nitrogen and oxygen atoms in total. The Hall–Kier alpha value is -1.93. The lowest BCUT2D eigenvalue weighted by atomic mass is 9.86. The molecule has 1 N–H and O–H groups in total. The Balaban J connectivity index is 1.56. The van der Waals surface area contributed by atoms with Gasteiger partial charge in [0.05, 0.1) is 17.1 Å². The number of hydrogen-bond acceptors (Lipinski definition) is 4. The van der Waals surface area contributed by atoms with Gasteiger partial charge in [-0.3, -0.25) is 9.59 Å². The third kappa shape index (κ3) is 4.24. The van der Waals surface area contributed by atoms with Gasteiger partial charge in [-0.1, -0.05) is 36.7 Å². The zero-order chi connectivity index (χ0) is 22.5. The van der Waals surface area contributed by atoms with Gasteiger partial charge in [0.25, 0.3) is 5.91 Å². The van der Waals surface area contributed by atoms with Gasteiger partial charge in [0.15, 0.2) is 5.82 Å². The van der Waals surface area contributed by atoms with Crippen molar-refractivity contribution in [1.82, 2.24) is 19.4 Å². The molecule has 2 aliphatic rings. The van der Waals surface area contributed by atoms with Crippen molar-refractivity contribution in [3.05, 3.63) is 28.0 Å². The highest BCUT2D eigenvalue weighted by molar-refractivity contribution is 9.10. The molecule has 0 atom stereocenters. The van der Waals surface area contributed by atoms with Gasteiger partial charge >= 0.3 is 0 Å². The van der Waals surface area contributed by atoms with Crippen LogP contribution in [-0.4, -0.2) is 68.1 Å². The third-order valence-corrected chi connectivity index (χ3v) is 7.06. The Morgan fingerprint density at radius 1 is 1.16 bits per heavy atom. The molecule has 1 aliphatic heterocycles. The van der Waals surface area contributed by atoms with Gasteiger partial charge in [-0.25, -0.2) is 4.98 Å². The molecule has 2 fully saturated rings. The zero-order valence-corrected chi connectivity index (χ0v) is 20.3. The predicted octanol–water partition coefficient (Wildman–Crippen LogP) is 3.22. The number of aryl methyl sites for hydroxylation is 1. The average Bonchev–Trinajstić information content (AvgIpc) is 3.03. The van der Waals surface area contributed by atoms with E-state index in [-0.39, 0.29) is 35.9 Å². The Kier molecular flexibility index (Phi) is 5.89. The van der Waals surface area contributed by atoms with E-state index in [0.29, 0.717) is 18.9 Å². The van der Waals surface area contributed by atoms with Crippen molar-refractivity contribution in [2.24, 2.45) is 7.05 Å². The van der Waals surface area contributed by atoms with E-state index in [0.717, 1.165) is 46.8 Å². The van der Waals surface area contributed by atoms with Crippen LogP contribution in [0.2, 0.25) is 0 Å². The lowest BCUT2D eigenvalue weighted by Crippen LogP contribution is -2.56. The highest BCUT2D eigenvalue weighted by Crippen LogP contribution is 2.33. The first kappa shape index (κ1) is 22.3. The van der Waals surface area contributed by atoms with Crippen molar-refractivity contribution >= 4 is 38.8 Å². The molecule has 0 bridgehead atoms. The summed E-state index contributed by atoms with van der Waals surface area (Å²) in [6.07, 6.45) is 2.89. The van der Waals surface area contributed by atoms with Gasteiger partial charge in [-0.15, -0.1) is 0 Å². The second kappa shape index (κ2) is 8.20. The fraction of sp³-hybridized carbons (Fsp3) is 0.609. The number of imidazole rings is 1. The van der Waals surface area contributed by atoms with Crippen LogP contribution in [0.25, 0.3) is 11.0 Å². The van der Waals surface area contributed by atoms with Crippen LogP contribution in [0.1, 0.15) is 62.6 Å². The van der Waals surface area contributed by atoms with Crippen LogP contribution in [0.4, 0.5) is 0 Å². The monoisotopic (exact) mass is 490 g/mol. The first-order valence-corrected chi connectivity index (χ1v) is 11.8. The van der Waals surface area contributed by atoms with E-state index in [1.54, 1.807) is 4.90 Å². The van der Waals surface area contributed by atoms with Crippen LogP contribution in [0.3, 0.4) is 0 Å². The molecule has 1 aliphatic carbocycles. The SMILES string of the molecule is Cn1c(C(=O)N2CCN(C3CCC(O)CC3)C(=O)C2)nc2c(C(C)(C)C)cc(Br)cc21. The number of aliphatic hydroxyl groups is 1. The van der Waals surface area contributed by atoms with Gasteiger partial charge in [0.2, 0.25) is 5.91 Å². The van der Waals surface area contributed by atoms with Crippen LogP contribution >= 0.6 is 15.9 Å². The summed E-state index contributed by atoms with van der Waals surface area (Å²) >= 11 is 3.59. The molecule has 31 heavy (non-hydrogen) atoms. The van der Waals surface area contributed by atoms with Gasteiger partial charge < -0.3 is 19.5 Å². The number of amides is 2. The first-order valence-electron chi connectivity index (χ1n) is 11.0. The number of aliphatic hydroxyl groups excluding tert-OH is 1. The molecule has 1 saturated carbocycles. The number of aromatic nitrogens is 2. The van der Waals surface area contributed by atoms with Crippen LogP contribution in [0.5, 0.6) is 0 Å². The summed E-state index contributed by atoms with van der Waals surface area (Å²) in [5.74, 6) is 0.139. The van der Waals surface area contributed by atoms with Crippen molar-refractivity contribution in [1.29, 1.82) is 0 Å². The Bertz CT molecular complexity index is 1020. The molecule has 1 aromatic heterocycles. The van der Waals surface area contributed by atoms with E-state index < -0.39 is 0 Å². The molecule has 8 heteroatoms. The number of benzene rings is 1. The van der Waals surface area contributed by atoms with E-state index in [1.165, 1.54) is 0 Å². The second-order valence-corrected chi connectivity index (χ2v) is 10.8. The highest BCUT2D eigenvalue weighted by atomic mass is 79.9. The number of carbonyl (C=O) groups is 2. The van der Waals surface area contributed by atoms with Crippen molar-refractivity contribution < 1.29 is 14.7 Å². The van der Waals surface area contributed by atoms with Crippen molar-refractivity contribution in [2.75, 3.05) is 19.6 Å². The summed E-state index contributed by atoms with van der Waals surface area (Å²) in [5.41, 5.74) is 2.68. The molecule has 1 aromatic carbocycles. The van der Waals surface area contributed by atoms with Crippen molar-refractivity contribution in [2.45, 2.75) is 64.0 Å². The lowest BCUT2D eigenvalue weighted by Gasteiger charge is -2.41. The maximum atomic E-state index is 13.3. The number of nitrogens with zero attached hydrogens (tertiary/aromatic N) is 4. The summed E-state index contributed by atoms with van der Waals surface area (Å²) in [4.78, 5) is 34.4. The van der Waals surface area contributed by atoms with Crippen LogP contribution in [0.15, 0.2) is 16.6 Å². The Labute approximate surface area is 191 Å². The molecule has 2 amide bonds. The minimum atomic E-state index is -0.246. The number of piperazine rings is 1. The standard InChI is InChI=1S/C23H31BrN4O3/c1-23(2,3)17-11-14(24)12-18-20(17)25-21(26(18)4)22(31)27-9-10-28(19(30)13-27)15-5-7-16(29)8-6-15/h11-12,15-16,29H,5-10,13H2,1-4H3. The first-order chi connectivity index (χ1) is 14.6. The Morgan fingerprint density at radius 3 is 2.45 bits per heavy atom. The average molecular weight is 491 g/mol. The van der Waals surface area contributed by atoms with Gasteiger partial charge in [-0.2, -0.15) is 0 Å². The molecule has 168 valence electrons. The van der Waals surface area contributed by atoms with Crippen molar-refractivity contribution in [3.63, 3.8) is 0 Å². The zero-order valence-electron chi connectivity index (χ0n) is 18.7. The largest absolute Gasteiger partial charge is 0.393 e. The molecular weight excluding hydrogens is 460 g/mol. The number of hydrogen-bond donors (Lipinski definition) is 1. The molecule has 2 heterocycles. The van der Waals surface area contributed by atoms with E-state index in [1.807, 2.05) is 22.6 Å². The highest BCUT2D eigenvalue weighted by Gasteiger charge is 2.35. The van der Waals surface area contributed by atoms with Gasteiger partial charge in [0.1, 0.15) is 6.54 Å². The number of halogens is 1. The summed E-state index contributed by atoms with van der Waals surface area (Å²) in [7, 11) is 1.85. The summed E-state index contributed by atoms with van der Waals surface area (Å²) < 4.78 is 2.78. The third-order valence-electron chi connectivity index (χ3n) is 6.60. The molecule has 0 unspecified atom stereocenters. The van der Waals surface area contributed by atoms with Crippen molar-refractivity contribution in [3.8, 4) is 0 Å². The summed E-state index contributed by atoms with van der Waals surface area (Å²) in [6.45, 7) is 7.51. The maximum absolute atomic E-state index is 13.3. The maximum Gasteiger partial charge on any atom is 0.290 e. The molecule has 2 aromatic rings. The van der Waals surface area contributed by atoms with E-state index >= 15 is 0 Å². The number of fused-ring (bicyclic) bond motifs is 1. The molecular formula is C23H31BrN4O3. The van der Waals surface area contributed by atoms with E-state index in [4.69, 9.17) is 4.98 Å². The molecule has 0 spiro atoms. The van der Waals surface area contributed by atoms with Crippen LogP contribution < -0.4 is 0 Å². The smallest absolute Gasteiger partial charge is 0.290 e. The summed E-state index contributed by atoms with van der Waals surface area (Å²) in [6, 6.07) is 4.22. The van der Waals surface area contributed by atoms with Crippen LogP contribution in [0, 0.1) is 0 Å². The predicted molar refractivity (Wildman–Crippen MR) is 123 cm³/mol. The molecule has 4 rings (SSSR count). The number of carbonyl (C=O) groups excluding carboxylic acids is 2. The van der Waals surface area contributed by atoms with Gasteiger partial charge in [0, 0.05) is 30.7 Å². The number of rotatable bonds is 2. The van der Waals surface area contributed by atoms with E-state index in [2.05, 4.69) is 42.8 Å². The quantitative estimate of drug-likeness (QED) is 0.700. The summed E-state index contributed by atoms with van der Waals surface area (Å²) in [5, 5.41) is 9.74. The minimum absolute atomic E-state index is 0.0159. The fourth-order valence-electron chi connectivity index (χ4n) is 4.77.